The van der Waals surface area contributed by atoms with Gasteiger partial charge in [-0.3, -0.25) is 12.2 Å². The molecule has 0 aliphatic heterocycles. The zero-order valence-corrected chi connectivity index (χ0v) is 36.2. The first kappa shape index (κ1) is 38.1. The van der Waals surface area contributed by atoms with Gasteiger partial charge in [-0.2, -0.15) is 17.2 Å². The third-order valence-electron chi connectivity index (χ3n) is 11.5. The molecule has 0 fully saturated rings. The van der Waals surface area contributed by atoms with Crippen molar-refractivity contribution in [1.29, 1.82) is 0 Å². The third kappa shape index (κ3) is 7.55. The molecule has 0 saturated heterocycles. The fourth-order valence-corrected chi connectivity index (χ4v) is 9.47. The van der Waals surface area contributed by atoms with Gasteiger partial charge < -0.3 is 0 Å². The zero-order valence-electron chi connectivity index (χ0n) is 33.8. The molecular formula is C53H52Zr. The van der Waals surface area contributed by atoms with Crippen LogP contribution in [-0.4, -0.2) is 3.21 Å². The maximum absolute atomic E-state index is 3.65. The summed E-state index contributed by atoms with van der Waals surface area (Å²) in [6.45, 7) is 22.2. The van der Waals surface area contributed by atoms with Crippen molar-refractivity contribution >= 4 is 19.9 Å². The molecule has 1 atom stereocenters. The van der Waals surface area contributed by atoms with E-state index in [-0.39, 0.29) is 10.8 Å². The van der Waals surface area contributed by atoms with Gasteiger partial charge >= 0.3 is 112 Å². The molecule has 5 aromatic rings. The molecule has 9 rings (SSSR count). The SMILES string of the molecule is CC1=[C-]C(C)(C)c2cc3c(cc21)-c1cc2c(cc1C3)C(C)(C)C=C2C.CC1=[C-]C(C)C=C1c1ccccc1.Cc1ccc([C](=[Zr+2])c2ccc(C)cc2)cc1. The summed E-state index contributed by atoms with van der Waals surface area (Å²) in [6, 6.07) is 37.8. The number of aryl methyl sites for hydroxylation is 2. The minimum absolute atomic E-state index is 0.0340. The van der Waals surface area contributed by atoms with E-state index in [0.717, 1.165) is 6.42 Å². The van der Waals surface area contributed by atoms with E-state index in [0.29, 0.717) is 5.92 Å². The molecule has 0 N–H and O–H groups in total. The molecular weight excluding hydrogens is 728 g/mol. The monoisotopic (exact) mass is 778 g/mol. The van der Waals surface area contributed by atoms with Crippen LogP contribution in [0.1, 0.15) is 117 Å². The van der Waals surface area contributed by atoms with Crippen LogP contribution < -0.4 is 0 Å². The summed E-state index contributed by atoms with van der Waals surface area (Å²) in [7, 11) is 0. The summed E-state index contributed by atoms with van der Waals surface area (Å²) in [5, 5.41) is 0. The molecule has 5 aromatic carbocycles. The predicted molar refractivity (Wildman–Crippen MR) is 228 cm³/mol. The van der Waals surface area contributed by atoms with Crippen molar-refractivity contribution in [1.82, 2.24) is 0 Å². The van der Waals surface area contributed by atoms with E-state index in [9.17, 15) is 0 Å². The Kier molecular flexibility index (Phi) is 10.4. The average Bonchev–Trinajstić information content (AvgIpc) is 3.81. The summed E-state index contributed by atoms with van der Waals surface area (Å²) in [5.74, 6) is 0.468. The molecule has 0 heterocycles. The Balaban J connectivity index is 0.000000134. The van der Waals surface area contributed by atoms with Gasteiger partial charge in [-0.05, 0) is 58.4 Å². The van der Waals surface area contributed by atoms with Gasteiger partial charge in [0.1, 0.15) is 0 Å². The Morgan fingerprint density at radius 3 is 1.70 bits per heavy atom. The number of hydrogen-bond acceptors (Lipinski definition) is 0. The topological polar surface area (TPSA) is 0 Å². The second-order valence-corrected chi connectivity index (χ2v) is 18.1. The summed E-state index contributed by atoms with van der Waals surface area (Å²) >= 11 is 1.46. The molecule has 54 heavy (non-hydrogen) atoms. The molecule has 1 heteroatoms. The van der Waals surface area contributed by atoms with Crippen molar-refractivity contribution in [3.63, 3.8) is 0 Å². The quantitative estimate of drug-likeness (QED) is 0.157. The Morgan fingerprint density at radius 1 is 0.630 bits per heavy atom. The van der Waals surface area contributed by atoms with Gasteiger partial charge in [0.25, 0.3) is 0 Å². The first-order valence-corrected chi connectivity index (χ1v) is 20.6. The molecule has 268 valence electrons. The molecule has 4 aliphatic rings. The van der Waals surface area contributed by atoms with Crippen LogP contribution in [0.25, 0.3) is 27.8 Å². The molecule has 0 amide bonds. The van der Waals surface area contributed by atoms with Crippen LogP contribution >= 0.6 is 0 Å². The van der Waals surface area contributed by atoms with Crippen molar-refractivity contribution < 1.29 is 24.2 Å². The number of rotatable bonds is 3. The van der Waals surface area contributed by atoms with Gasteiger partial charge in [-0.1, -0.05) is 108 Å². The van der Waals surface area contributed by atoms with E-state index in [4.69, 9.17) is 0 Å². The Hall–Kier alpha value is -4.19. The van der Waals surface area contributed by atoms with Gasteiger partial charge in [0.05, 0.1) is 0 Å². The van der Waals surface area contributed by atoms with Gasteiger partial charge in [-0.15, -0.1) is 17.2 Å². The van der Waals surface area contributed by atoms with E-state index in [2.05, 4.69) is 191 Å². The third-order valence-corrected chi connectivity index (χ3v) is 12.9. The van der Waals surface area contributed by atoms with Crippen LogP contribution in [0.3, 0.4) is 0 Å². The number of allylic oxidation sites excluding steroid dienone is 8. The fraction of sp³-hybridized carbons (Fsp3) is 0.264. The van der Waals surface area contributed by atoms with Crippen LogP contribution in [0.2, 0.25) is 0 Å². The van der Waals surface area contributed by atoms with Crippen LogP contribution in [0.4, 0.5) is 0 Å². The van der Waals surface area contributed by atoms with Gasteiger partial charge in [0.15, 0.2) is 0 Å². The van der Waals surface area contributed by atoms with Crippen LogP contribution in [0, 0.1) is 31.9 Å². The van der Waals surface area contributed by atoms with Crippen molar-refractivity contribution in [2.45, 2.75) is 86.5 Å². The van der Waals surface area contributed by atoms with E-state index < -0.39 is 0 Å². The van der Waals surface area contributed by atoms with E-state index >= 15 is 0 Å². The van der Waals surface area contributed by atoms with E-state index in [1.807, 2.05) is 6.07 Å². The molecule has 0 nitrogen and oxygen atoms in total. The van der Waals surface area contributed by atoms with Crippen LogP contribution in [0.5, 0.6) is 0 Å². The predicted octanol–water partition coefficient (Wildman–Crippen LogP) is 13.3. The Labute approximate surface area is 339 Å². The van der Waals surface area contributed by atoms with E-state index in [1.165, 1.54) is 122 Å². The van der Waals surface area contributed by atoms with Crippen LogP contribution in [0.15, 0.2) is 121 Å². The first-order valence-electron chi connectivity index (χ1n) is 19.4. The molecule has 4 aliphatic carbocycles. The summed E-state index contributed by atoms with van der Waals surface area (Å²) in [6.07, 6.45) is 12.8. The van der Waals surface area contributed by atoms with Gasteiger partial charge in [0, 0.05) is 5.41 Å². The zero-order chi connectivity index (χ0) is 38.5. The number of benzene rings is 5. The maximum atomic E-state index is 3.65. The summed E-state index contributed by atoms with van der Waals surface area (Å²) < 4.78 is 1.42. The minimum atomic E-state index is 0.0340. The fourth-order valence-electron chi connectivity index (χ4n) is 8.65. The Morgan fingerprint density at radius 2 is 1.17 bits per heavy atom. The second-order valence-electron chi connectivity index (χ2n) is 16.8. The van der Waals surface area contributed by atoms with Crippen LogP contribution in [-0.2, 0) is 41.5 Å². The van der Waals surface area contributed by atoms with E-state index in [1.54, 1.807) is 0 Å². The molecule has 0 bridgehead atoms. The average molecular weight is 780 g/mol. The molecule has 0 radical (unpaired) electrons. The van der Waals surface area contributed by atoms with Crippen molar-refractivity contribution in [2.24, 2.45) is 5.92 Å². The standard InChI is InChI=1S/C25H25.C15H14.C13H13.Zr/c1-14-12-24(3,4)22-8-16-7-17-9-23-19(15(2)13-25(23,5)6)11-21(17)20(16)10-18(14)22;1-12-3-7-14(8-4-12)11-15-9-5-13(2)6-10-15;1-10-8-11(2)13(9-10)12-6-4-3-5-7-12;/h8-12H,7H2,1-6H3;3-10H,1-2H3;3-7,9-10H,1-2H3;/q-1;;-1;+2. The Bertz CT molecular complexity index is 2260. The van der Waals surface area contributed by atoms with Gasteiger partial charge in [-0.25, -0.2) is 11.1 Å². The molecule has 0 aromatic heterocycles. The van der Waals surface area contributed by atoms with Crippen molar-refractivity contribution in [3.05, 3.63) is 194 Å². The normalized spacial score (nSPS) is 17.7. The summed E-state index contributed by atoms with van der Waals surface area (Å²) in [4.78, 5) is 0. The van der Waals surface area contributed by atoms with Gasteiger partial charge in [0.2, 0.25) is 0 Å². The number of hydrogen-bond donors (Lipinski definition) is 0. The second kappa shape index (κ2) is 14.8. The summed E-state index contributed by atoms with van der Waals surface area (Å²) in [5.41, 5.74) is 23.8. The van der Waals surface area contributed by atoms with Crippen molar-refractivity contribution in [3.8, 4) is 11.1 Å². The van der Waals surface area contributed by atoms with Crippen molar-refractivity contribution in [2.75, 3.05) is 0 Å². The molecule has 1 unspecified atom stereocenters. The molecule has 0 spiro atoms. The molecule has 0 saturated carbocycles. The first-order chi connectivity index (χ1) is 25.6. The number of fused-ring (bicyclic) bond motifs is 5.